The molecule has 26 heavy (non-hydrogen) atoms. The summed E-state index contributed by atoms with van der Waals surface area (Å²) < 4.78 is 7.35. The minimum absolute atomic E-state index is 0.128. The van der Waals surface area contributed by atoms with E-state index in [9.17, 15) is 4.79 Å². The Morgan fingerprint density at radius 3 is 2.62 bits per heavy atom. The summed E-state index contributed by atoms with van der Waals surface area (Å²) in [6, 6.07) is 13.9. The number of rotatable bonds is 4. The highest BCUT2D eigenvalue weighted by Gasteiger charge is 2.18. The molecule has 134 valence electrons. The van der Waals surface area contributed by atoms with Gasteiger partial charge < -0.3 is 4.74 Å². The third-order valence-corrected chi connectivity index (χ3v) is 4.09. The van der Waals surface area contributed by atoms with Crippen LogP contribution in [-0.4, -0.2) is 14.8 Å². The molecule has 0 bridgehead atoms. The van der Waals surface area contributed by atoms with Gasteiger partial charge in [0.2, 0.25) is 0 Å². The van der Waals surface area contributed by atoms with Crippen LogP contribution in [-0.2, 0) is 12.1 Å². The van der Waals surface area contributed by atoms with E-state index in [0.717, 1.165) is 16.8 Å². The topological polar surface area (TPSA) is 57.0 Å². The number of ether oxygens (including phenoxy) is 1. The number of benzene rings is 1. The van der Waals surface area contributed by atoms with Gasteiger partial charge in [-0.3, -0.25) is 9.78 Å². The predicted molar refractivity (Wildman–Crippen MR) is 102 cm³/mol. The van der Waals surface area contributed by atoms with Crippen molar-refractivity contribution in [3.8, 4) is 17.0 Å². The summed E-state index contributed by atoms with van der Waals surface area (Å²) in [5.41, 5.74) is 3.03. The van der Waals surface area contributed by atoms with Crippen molar-refractivity contribution in [3.05, 3.63) is 76.3 Å². The van der Waals surface area contributed by atoms with Crippen molar-refractivity contribution in [1.29, 1.82) is 0 Å². The van der Waals surface area contributed by atoms with Crippen molar-refractivity contribution < 1.29 is 4.74 Å². The van der Waals surface area contributed by atoms with Crippen LogP contribution in [0.3, 0.4) is 0 Å². The summed E-state index contributed by atoms with van der Waals surface area (Å²) in [7, 11) is 0. The zero-order valence-corrected chi connectivity index (χ0v) is 15.6. The van der Waals surface area contributed by atoms with Crippen molar-refractivity contribution >= 4 is 0 Å². The van der Waals surface area contributed by atoms with Crippen LogP contribution < -0.4 is 10.3 Å². The fraction of sp³-hybridized carbons (Fsp3) is 0.286. The van der Waals surface area contributed by atoms with Crippen LogP contribution in [0.15, 0.2) is 59.7 Å². The van der Waals surface area contributed by atoms with E-state index in [0.29, 0.717) is 17.9 Å². The highest BCUT2D eigenvalue weighted by Crippen LogP contribution is 2.20. The molecule has 0 aliphatic rings. The van der Waals surface area contributed by atoms with Crippen LogP contribution in [0, 0.1) is 6.92 Å². The first-order valence-electron chi connectivity index (χ1n) is 8.59. The molecule has 0 spiro atoms. The van der Waals surface area contributed by atoms with Crippen LogP contribution >= 0.6 is 0 Å². The van der Waals surface area contributed by atoms with Gasteiger partial charge in [0.15, 0.2) is 0 Å². The molecule has 0 unspecified atom stereocenters. The van der Waals surface area contributed by atoms with E-state index >= 15 is 0 Å². The van der Waals surface area contributed by atoms with Gasteiger partial charge in [-0.1, -0.05) is 24.3 Å². The summed E-state index contributed by atoms with van der Waals surface area (Å²) in [5.74, 6) is 0.513. The molecular weight excluding hydrogens is 326 g/mol. The minimum Gasteiger partial charge on any atom is -0.487 e. The molecule has 2 aromatic heterocycles. The summed E-state index contributed by atoms with van der Waals surface area (Å²) in [4.78, 5) is 16.9. The second-order valence-electron chi connectivity index (χ2n) is 7.23. The molecule has 5 nitrogen and oxygen atoms in total. The summed E-state index contributed by atoms with van der Waals surface area (Å²) in [6.07, 6.45) is 3.39. The Kier molecular flexibility index (Phi) is 4.89. The zero-order valence-electron chi connectivity index (χ0n) is 15.6. The molecule has 1 aromatic carbocycles. The Balaban J connectivity index is 1.80. The lowest BCUT2D eigenvalue weighted by Gasteiger charge is -2.21. The molecule has 2 heterocycles. The summed E-state index contributed by atoms with van der Waals surface area (Å²) >= 11 is 0. The number of hydrogen-bond donors (Lipinski definition) is 0. The molecule has 0 atom stereocenters. The molecule has 0 N–H and O–H groups in total. The Hall–Kier alpha value is -2.95. The third kappa shape index (κ3) is 3.82. The Morgan fingerprint density at radius 2 is 1.92 bits per heavy atom. The van der Waals surface area contributed by atoms with E-state index in [-0.39, 0.29) is 11.1 Å². The number of hydrogen-bond acceptors (Lipinski definition) is 4. The van der Waals surface area contributed by atoms with Crippen LogP contribution in [0.2, 0.25) is 0 Å². The first-order valence-corrected chi connectivity index (χ1v) is 8.59. The van der Waals surface area contributed by atoms with Crippen molar-refractivity contribution in [3.63, 3.8) is 0 Å². The van der Waals surface area contributed by atoms with E-state index in [1.807, 2.05) is 63.2 Å². The van der Waals surface area contributed by atoms with Gasteiger partial charge >= 0.3 is 0 Å². The standard InChI is InChI=1S/C21H23N3O2/c1-15-19(13-23-24(20(15)25)21(2,3)4)26-14-16-8-7-9-17(12-16)18-10-5-6-11-22-18/h5-13H,14H2,1-4H3. The molecule has 0 amide bonds. The van der Waals surface area contributed by atoms with E-state index < -0.39 is 0 Å². The lowest BCUT2D eigenvalue weighted by Crippen LogP contribution is -2.37. The number of aromatic nitrogens is 3. The van der Waals surface area contributed by atoms with Gasteiger partial charge in [0.05, 0.1) is 23.0 Å². The first kappa shape index (κ1) is 17.9. The highest BCUT2D eigenvalue weighted by molar-refractivity contribution is 5.59. The molecule has 0 fully saturated rings. The largest absolute Gasteiger partial charge is 0.487 e. The lowest BCUT2D eigenvalue weighted by molar-refractivity contribution is 0.289. The van der Waals surface area contributed by atoms with Gasteiger partial charge in [-0.05, 0) is 51.5 Å². The Bertz CT molecular complexity index is 957. The maximum atomic E-state index is 12.5. The van der Waals surface area contributed by atoms with Crippen LogP contribution in [0.1, 0.15) is 31.9 Å². The van der Waals surface area contributed by atoms with Crippen molar-refractivity contribution in [2.75, 3.05) is 0 Å². The highest BCUT2D eigenvalue weighted by atomic mass is 16.5. The van der Waals surface area contributed by atoms with Crippen molar-refractivity contribution in [2.24, 2.45) is 0 Å². The molecule has 0 saturated carbocycles. The third-order valence-electron chi connectivity index (χ3n) is 4.09. The monoisotopic (exact) mass is 349 g/mol. The lowest BCUT2D eigenvalue weighted by atomic mass is 10.1. The SMILES string of the molecule is Cc1c(OCc2cccc(-c3ccccn3)c2)cnn(C(C)(C)C)c1=O. The molecule has 0 aliphatic carbocycles. The molecule has 5 heteroatoms. The molecule has 3 rings (SSSR count). The molecule has 0 aliphatic heterocycles. The van der Waals surface area contributed by atoms with Crippen molar-refractivity contribution in [2.45, 2.75) is 39.8 Å². The van der Waals surface area contributed by atoms with E-state index in [4.69, 9.17) is 4.74 Å². The Labute approximate surface area is 153 Å². The van der Waals surface area contributed by atoms with Crippen molar-refractivity contribution in [1.82, 2.24) is 14.8 Å². The second-order valence-corrected chi connectivity index (χ2v) is 7.23. The number of nitrogens with zero attached hydrogens (tertiary/aromatic N) is 3. The molecule has 0 saturated heterocycles. The zero-order chi connectivity index (χ0) is 18.7. The summed E-state index contributed by atoms with van der Waals surface area (Å²) in [5, 5.41) is 4.26. The summed E-state index contributed by atoms with van der Waals surface area (Å²) in [6.45, 7) is 7.98. The van der Waals surface area contributed by atoms with Gasteiger partial charge in [-0.25, -0.2) is 4.68 Å². The quantitative estimate of drug-likeness (QED) is 0.716. The number of pyridine rings is 1. The van der Waals surface area contributed by atoms with Gasteiger partial charge in [0.25, 0.3) is 5.56 Å². The Morgan fingerprint density at radius 1 is 1.12 bits per heavy atom. The molecule has 3 aromatic rings. The van der Waals surface area contributed by atoms with Crippen LogP contribution in [0.5, 0.6) is 5.75 Å². The first-order chi connectivity index (χ1) is 12.4. The van der Waals surface area contributed by atoms with Gasteiger partial charge in [0.1, 0.15) is 12.4 Å². The predicted octanol–water partition coefficient (Wildman–Crippen LogP) is 3.95. The van der Waals surface area contributed by atoms with Gasteiger partial charge in [-0.2, -0.15) is 5.10 Å². The smallest absolute Gasteiger partial charge is 0.273 e. The fourth-order valence-corrected chi connectivity index (χ4v) is 2.66. The van der Waals surface area contributed by atoms with E-state index in [1.165, 1.54) is 4.68 Å². The second kappa shape index (κ2) is 7.12. The average Bonchev–Trinajstić information content (AvgIpc) is 2.63. The molecule has 0 radical (unpaired) electrons. The van der Waals surface area contributed by atoms with Gasteiger partial charge in [0, 0.05) is 11.8 Å². The fourth-order valence-electron chi connectivity index (χ4n) is 2.66. The maximum Gasteiger partial charge on any atom is 0.273 e. The molecular formula is C21H23N3O2. The van der Waals surface area contributed by atoms with E-state index in [1.54, 1.807) is 19.3 Å². The maximum absolute atomic E-state index is 12.5. The normalized spacial score (nSPS) is 11.4. The van der Waals surface area contributed by atoms with E-state index in [2.05, 4.69) is 10.1 Å². The van der Waals surface area contributed by atoms with Crippen LogP contribution in [0.25, 0.3) is 11.3 Å². The average molecular weight is 349 g/mol. The minimum atomic E-state index is -0.364. The van der Waals surface area contributed by atoms with Gasteiger partial charge in [-0.15, -0.1) is 0 Å². The van der Waals surface area contributed by atoms with Crippen LogP contribution in [0.4, 0.5) is 0 Å².